The number of nitrogens with zero attached hydrogens (tertiary/aromatic N) is 4. The van der Waals surface area contributed by atoms with Crippen LogP contribution < -0.4 is 0 Å². The summed E-state index contributed by atoms with van der Waals surface area (Å²) in [5, 5.41) is 13.6. The van der Waals surface area contributed by atoms with E-state index in [-0.39, 0.29) is 18.1 Å². The molecule has 36 heavy (non-hydrogen) atoms. The molecule has 8 nitrogen and oxygen atoms in total. The lowest BCUT2D eigenvalue weighted by Gasteiger charge is -2.28. The van der Waals surface area contributed by atoms with Gasteiger partial charge in [0.15, 0.2) is 0 Å². The largest absolute Gasteiger partial charge is 0.384 e. The molecule has 10 heteroatoms. The van der Waals surface area contributed by atoms with E-state index in [9.17, 15) is 12.8 Å². The van der Waals surface area contributed by atoms with E-state index in [0.717, 1.165) is 44.3 Å². The predicted octanol–water partition coefficient (Wildman–Crippen LogP) is 4.48. The van der Waals surface area contributed by atoms with Crippen molar-refractivity contribution in [1.29, 1.82) is 0 Å². The van der Waals surface area contributed by atoms with Gasteiger partial charge in [-0.05, 0) is 36.4 Å². The van der Waals surface area contributed by atoms with Gasteiger partial charge in [0.25, 0.3) is 0 Å². The third-order valence-electron chi connectivity index (χ3n) is 6.37. The van der Waals surface area contributed by atoms with Gasteiger partial charge in [-0.3, -0.25) is 9.78 Å². The molecule has 0 saturated heterocycles. The number of ether oxygens (including phenoxy) is 1. The number of aryl methyl sites for hydroxylation is 1. The molecule has 3 aromatic heterocycles. The van der Waals surface area contributed by atoms with Crippen LogP contribution in [0, 0.1) is 5.82 Å². The van der Waals surface area contributed by atoms with Crippen LogP contribution in [0.2, 0.25) is 0 Å². The molecule has 0 spiro atoms. The Morgan fingerprint density at radius 2 is 1.89 bits per heavy atom. The van der Waals surface area contributed by atoms with Crippen molar-refractivity contribution in [2.24, 2.45) is 0 Å². The normalized spacial score (nSPS) is 12.7. The summed E-state index contributed by atoms with van der Waals surface area (Å²) in [4.78, 5) is 0. The highest BCUT2D eigenvalue weighted by molar-refractivity contribution is 7.90. The molecule has 0 saturated carbocycles. The molecule has 0 atom stereocenters. The van der Waals surface area contributed by atoms with Crippen LogP contribution >= 0.6 is 0 Å². The number of nitrogens with one attached hydrogen (secondary N) is 1. The average Bonchev–Trinajstić information content (AvgIpc) is 3.53. The number of hydrogen-bond donors (Lipinski definition) is 1. The number of fused-ring (bicyclic) bond motifs is 2. The Labute approximate surface area is 208 Å². The molecule has 0 radical (unpaired) electrons. The van der Waals surface area contributed by atoms with Crippen LogP contribution in [-0.4, -0.2) is 58.7 Å². The molecule has 2 aromatic carbocycles. The Hall–Kier alpha value is -3.50. The van der Waals surface area contributed by atoms with Crippen molar-refractivity contribution in [3.8, 4) is 16.8 Å². The smallest absolute Gasteiger partial charge is 0.149 e. The summed E-state index contributed by atoms with van der Waals surface area (Å²) in [6, 6.07) is 10.6. The molecule has 0 unspecified atom stereocenters. The van der Waals surface area contributed by atoms with Crippen molar-refractivity contribution in [3.05, 3.63) is 66.5 Å². The quantitative estimate of drug-likeness (QED) is 0.333. The zero-order valence-electron chi connectivity index (χ0n) is 20.6. The van der Waals surface area contributed by atoms with Crippen LogP contribution in [0.15, 0.2) is 55.0 Å². The summed E-state index contributed by atoms with van der Waals surface area (Å²) in [6.45, 7) is 4.92. The number of rotatable bonds is 8. The number of aromatic nitrogens is 5. The monoisotopic (exact) mass is 509 g/mol. The molecular weight excluding hydrogens is 481 g/mol. The van der Waals surface area contributed by atoms with Crippen molar-refractivity contribution >= 4 is 31.6 Å². The summed E-state index contributed by atoms with van der Waals surface area (Å²) < 4.78 is 46.7. The van der Waals surface area contributed by atoms with Gasteiger partial charge in [0.05, 0.1) is 42.3 Å². The fraction of sp³-hybridized carbons (Fsp3) is 0.308. The second kappa shape index (κ2) is 8.86. The van der Waals surface area contributed by atoms with Gasteiger partial charge in [-0.1, -0.05) is 13.8 Å². The van der Waals surface area contributed by atoms with E-state index < -0.39 is 15.3 Å². The molecular formula is C26H28FN5O3S. The Kier molecular flexibility index (Phi) is 5.96. The summed E-state index contributed by atoms with van der Waals surface area (Å²) in [5.74, 6) is -0.306. The Balaban J connectivity index is 1.83. The van der Waals surface area contributed by atoms with Gasteiger partial charge in [-0.2, -0.15) is 10.2 Å². The van der Waals surface area contributed by atoms with Crippen molar-refractivity contribution in [2.45, 2.75) is 25.8 Å². The average molecular weight is 510 g/mol. The minimum absolute atomic E-state index is 0.00223. The van der Waals surface area contributed by atoms with Gasteiger partial charge in [-0.15, -0.1) is 0 Å². The van der Waals surface area contributed by atoms with Gasteiger partial charge in [0.2, 0.25) is 0 Å². The molecule has 3 heterocycles. The van der Waals surface area contributed by atoms with Crippen molar-refractivity contribution in [2.75, 3.05) is 25.7 Å². The molecule has 0 bridgehead atoms. The lowest BCUT2D eigenvalue weighted by Crippen LogP contribution is -2.27. The first kappa shape index (κ1) is 24.2. The minimum Gasteiger partial charge on any atom is -0.384 e. The van der Waals surface area contributed by atoms with Crippen molar-refractivity contribution < 1.29 is 17.5 Å². The number of sulfone groups is 1. The van der Waals surface area contributed by atoms with Crippen molar-refractivity contribution in [3.63, 3.8) is 0 Å². The van der Waals surface area contributed by atoms with E-state index in [1.165, 1.54) is 18.4 Å². The maximum atomic E-state index is 13.9. The molecule has 5 aromatic rings. The molecule has 0 aliphatic rings. The number of aromatic amines is 1. The van der Waals surface area contributed by atoms with Crippen molar-refractivity contribution in [1.82, 2.24) is 24.5 Å². The number of halogens is 1. The van der Waals surface area contributed by atoms with Crippen LogP contribution in [0.1, 0.15) is 19.5 Å². The third-order valence-corrected chi connectivity index (χ3v) is 7.30. The molecule has 188 valence electrons. The zero-order chi connectivity index (χ0) is 25.7. The fourth-order valence-corrected chi connectivity index (χ4v) is 5.34. The number of benzene rings is 2. The molecule has 0 fully saturated rings. The van der Waals surface area contributed by atoms with Crippen LogP contribution in [0.5, 0.6) is 0 Å². The molecule has 5 rings (SSSR count). The van der Waals surface area contributed by atoms with Gasteiger partial charge >= 0.3 is 0 Å². The van der Waals surface area contributed by atoms with E-state index in [1.807, 2.05) is 6.20 Å². The predicted molar refractivity (Wildman–Crippen MR) is 139 cm³/mol. The second-order valence-electron chi connectivity index (χ2n) is 9.80. The maximum absolute atomic E-state index is 13.9. The van der Waals surface area contributed by atoms with Crippen LogP contribution in [0.4, 0.5) is 4.39 Å². The van der Waals surface area contributed by atoms with Crippen LogP contribution in [-0.2, 0) is 26.5 Å². The van der Waals surface area contributed by atoms with Gasteiger partial charge in [0, 0.05) is 58.3 Å². The summed E-state index contributed by atoms with van der Waals surface area (Å²) in [5.41, 5.74) is 4.99. The third kappa shape index (κ3) is 4.42. The standard InChI is InChI=1S/C26H28FN5O3S/c1-26(2,16-35-3)25-24(18-14-29-31(15-18)9-10-36(4,33)34)21-12-22-17(13-28-30-22)11-23(21)32(25)20-7-5-19(27)6-8-20/h5-8,11-15H,9-10,16H2,1-4H3,(H,28,30). The molecule has 0 aliphatic heterocycles. The summed E-state index contributed by atoms with van der Waals surface area (Å²) >= 11 is 0. The Bertz CT molecular complexity index is 1660. The highest BCUT2D eigenvalue weighted by Crippen LogP contribution is 2.44. The van der Waals surface area contributed by atoms with Crippen LogP contribution in [0.3, 0.4) is 0 Å². The topological polar surface area (TPSA) is 94.8 Å². The van der Waals surface area contributed by atoms with Gasteiger partial charge < -0.3 is 9.30 Å². The number of H-pyrrole nitrogens is 1. The van der Waals surface area contributed by atoms with Gasteiger partial charge in [-0.25, -0.2) is 12.8 Å². The highest BCUT2D eigenvalue weighted by atomic mass is 32.2. The highest BCUT2D eigenvalue weighted by Gasteiger charge is 2.32. The molecule has 0 amide bonds. The molecule has 0 aliphatic carbocycles. The first-order valence-corrected chi connectivity index (χ1v) is 13.6. The number of methoxy groups -OCH3 is 1. The van der Waals surface area contributed by atoms with E-state index >= 15 is 0 Å². The van der Waals surface area contributed by atoms with E-state index in [4.69, 9.17) is 4.74 Å². The zero-order valence-corrected chi connectivity index (χ0v) is 21.4. The van der Waals surface area contributed by atoms with E-state index in [1.54, 1.807) is 36.3 Å². The number of hydrogen-bond acceptors (Lipinski definition) is 5. The van der Waals surface area contributed by atoms with Crippen LogP contribution in [0.25, 0.3) is 38.6 Å². The Morgan fingerprint density at radius 1 is 1.14 bits per heavy atom. The minimum atomic E-state index is -3.13. The SMILES string of the molecule is COCC(C)(C)c1c(-c2cnn(CCS(C)(=O)=O)c2)c2cc3[nH]ncc3cc2n1-c1ccc(F)cc1. The second-order valence-corrected chi connectivity index (χ2v) is 12.1. The lowest BCUT2D eigenvalue weighted by atomic mass is 9.85. The summed E-state index contributed by atoms with van der Waals surface area (Å²) in [7, 11) is -1.46. The fourth-order valence-electron chi connectivity index (χ4n) is 4.82. The maximum Gasteiger partial charge on any atom is 0.149 e. The Morgan fingerprint density at radius 3 is 2.58 bits per heavy atom. The first-order valence-electron chi connectivity index (χ1n) is 11.5. The summed E-state index contributed by atoms with van der Waals surface area (Å²) in [6.07, 6.45) is 6.63. The first-order chi connectivity index (χ1) is 17.1. The van der Waals surface area contributed by atoms with E-state index in [2.05, 4.69) is 45.8 Å². The van der Waals surface area contributed by atoms with E-state index in [0.29, 0.717) is 6.61 Å². The lowest BCUT2D eigenvalue weighted by molar-refractivity contribution is 0.144. The molecule has 1 N–H and O–H groups in total. The van der Waals surface area contributed by atoms with Gasteiger partial charge in [0.1, 0.15) is 15.7 Å².